The Kier molecular flexibility index (Phi) is 6.45. The number of fused-ring (bicyclic) bond motifs is 1. The first-order valence-corrected chi connectivity index (χ1v) is 9.78. The van der Waals surface area contributed by atoms with E-state index < -0.39 is 0 Å². The van der Waals surface area contributed by atoms with Gasteiger partial charge in [0, 0.05) is 0 Å². The highest BCUT2D eigenvalue weighted by molar-refractivity contribution is 9.10. The van der Waals surface area contributed by atoms with E-state index in [2.05, 4.69) is 37.8 Å². The summed E-state index contributed by atoms with van der Waals surface area (Å²) in [5.74, 6) is -0.0287. The van der Waals surface area contributed by atoms with Gasteiger partial charge in [0.25, 0.3) is 0 Å². The lowest BCUT2D eigenvalue weighted by Crippen LogP contribution is -2.10. The van der Waals surface area contributed by atoms with Gasteiger partial charge in [0.2, 0.25) is 0 Å². The highest BCUT2D eigenvalue weighted by Gasteiger charge is 2.17. The Morgan fingerprint density at radius 1 is 1.21 bits per heavy atom. The number of carbonyl (C=O) groups excluding carboxylic acids is 1. The molecular weight excluding hydrogens is 426 g/mol. The molecule has 3 aromatic rings. The maximum atomic E-state index is 11.7. The number of nitrogens with zero attached hydrogens (tertiary/aromatic N) is 4. The van der Waals surface area contributed by atoms with Gasteiger partial charge >= 0.3 is 12.0 Å². The topological polar surface area (TPSA) is 105 Å². The molecule has 2 heterocycles. The van der Waals surface area contributed by atoms with Crippen LogP contribution in [-0.2, 0) is 22.5 Å². The zero-order chi connectivity index (χ0) is 20.1. The zero-order valence-electron chi connectivity index (χ0n) is 15.8. The molecule has 0 amide bonds. The van der Waals surface area contributed by atoms with Gasteiger partial charge in [-0.3, -0.25) is 9.36 Å². The van der Waals surface area contributed by atoms with Crippen molar-refractivity contribution < 1.29 is 14.3 Å². The molecule has 0 saturated heterocycles. The van der Waals surface area contributed by atoms with Crippen LogP contribution in [0.1, 0.15) is 30.9 Å². The lowest BCUT2D eigenvalue weighted by atomic mass is 10.0. The van der Waals surface area contributed by atoms with Crippen molar-refractivity contribution in [1.29, 1.82) is 0 Å². The first-order chi connectivity index (χ1) is 13.5. The van der Waals surface area contributed by atoms with Gasteiger partial charge in [0.1, 0.15) is 0 Å². The average Bonchev–Trinajstić information content (AvgIpc) is 3.00. The van der Waals surface area contributed by atoms with E-state index in [9.17, 15) is 4.79 Å². The van der Waals surface area contributed by atoms with Crippen LogP contribution in [0.15, 0.2) is 29.0 Å². The van der Waals surface area contributed by atoms with Crippen molar-refractivity contribution in [3.05, 3.63) is 40.1 Å². The molecular formula is C19H22BrN5O3. The molecule has 9 heteroatoms. The zero-order valence-corrected chi connectivity index (χ0v) is 17.4. The van der Waals surface area contributed by atoms with Gasteiger partial charge in [-0.25, -0.2) is 4.98 Å². The van der Waals surface area contributed by atoms with Crippen LogP contribution in [0.5, 0.6) is 6.01 Å². The minimum absolute atomic E-state index is 0.194. The molecule has 0 aliphatic rings. The number of imidazole rings is 1. The molecule has 8 nitrogen and oxygen atoms in total. The molecule has 0 fully saturated rings. The second-order valence-electron chi connectivity index (χ2n) is 6.25. The first-order valence-electron chi connectivity index (χ1n) is 8.99. The van der Waals surface area contributed by atoms with E-state index in [1.54, 1.807) is 0 Å². The molecule has 148 valence electrons. The molecule has 0 atom stereocenters. The normalized spacial score (nSPS) is 11.0. The lowest BCUT2D eigenvalue weighted by molar-refractivity contribution is -0.139. The number of methoxy groups -OCH3 is 1. The van der Waals surface area contributed by atoms with Gasteiger partial charge in [-0.1, -0.05) is 37.6 Å². The summed E-state index contributed by atoms with van der Waals surface area (Å²) >= 11 is 3.47. The van der Waals surface area contributed by atoms with Crippen LogP contribution < -0.4 is 10.5 Å². The predicted octanol–water partition coefficient (Wildman–Crippen LogP) is 3.11. The third-order valence-electron chi connectivity index (χ3n) is 4.29. The monoisotopic (exact) mass is 447 g/mol. The van der Waals surface area contributed by atoms with Gasteiger partial charge in [0.15, 0.2) is 21.7 Å². The second kappa shape index (κ2) is 9.01. The minimum Gasteiger partial charge on any atom is -0.469 e. The Bertz CT molecular complexity index is 989. The number of nitrogen functional groups attached to an aromatic ring is 1. The van der Waals surface area contributed by atoms with E-state index in [0.717, 1.165) is 24.0 Å². The number of ether oxygens (including phenoxy) is 2. The Morgan fingerprint density at radius 3 is 2.68 bits per heavy atom. The fraction of sp³-hybridized carbons (Fsp3) is 0.368. The predicted molar refractivity (Wildman–Crippen MR) is 109 cm³/mol. The standard InChI is InChI=1S/C19H22BrN5O3/c1-3-4-9-28-19-23-16(21)15-17(24-19)25(18(20)22-15)11-13-8-6-5-7-12(13)10-14(26)27-2/h5-8H,3-4,9-11H2,1-2H3,(H2,21,23,24). The van der Waals surface area contributed by atoms with Crippen LogP contribution in [0.25, 0.3) is 11.2 Å². The van der Waals surface area contributed by atoms with Gasteiger partial charge < -0.3 is 15.2 Å². The molecule has 0 aliphatic heterocycles. The Morgan fingerprint density at radius 2 is 1.96 bits per heavy atom. The Labute approximate surface area is 171 Å². The first kappa shape index (κ1) is 20.1. The third kappa shape index (κ3) is 4.41. The fourth-order valence-electron chi connectivity index (χ4n) is 2.77. The maximum absolute atomic E-state index is 11.7. The van der Waals surface area contributed by atoms with Crippen LogP contribution in [-0.4, -0.2) is 39.2 Å². The van der Waals surface area contributed by atoms with Crippen LogP contribution >= 0.6 is 15.9 Å². The number of nitrogens with two attached hydrogens (primary N) is 1. The SMILES string of the molecule is CCCCOc1nc(N)c2nc(Br)n(Cc3ccccc3CC(=O)OC)c2n1. The summed E-state index contributed by atoms with van der Waals surface area (Å²) in [7, 11) is 1.38. The summed E-state index contributed by atoms with van der Waals surface area (Å²) in [5, 5.41) is 0. The van der Waals surface area contributed by atoms with Crippen molar-refractivity contribution in [1.82, 2.24) is 19.5 Å². The molecule has 0 unspecified atom stereocenters. The summed E-state index contributed by atoms with van der Waals surface area (Å²) in [6, 6.07) is 7.91. The largest absolute Gasteiger partial charge is 0.469 e. The third-order valence-corrected chi connectivity index (χ3v) is 4.90. The number of hydrogen-bond acceptors (Lipinski definition) is 7. The van der Waals surface area contributed by atoms with Crippen LogP contribution in [0.2, 0.25) is 0 Å². The number of benzene rings is 1. The number of rotatable bonds is 8. The van der Waals surface area contributed by atoms with Crippen LogP contribution in [0.3, 0.4) is 0 Å². The van der Waals surface area contributed by atoms with E-state index in [0.29, 0.717) is 29.0 Å². The average molecular weight is 448 g/mol. The van der Waals surface area contributed by atoms with E-state index in [-0.39, 0.29) is 24.2 Å². The number of hydrogen-bond donors (Lipinski definition) is 1. The Balaban J connectivity index is 1.97. The Hall–Kier alpha value is -2.68. The number of halogens is 1. The molecule has 28 heavy (non-hydrogen) atoms. The number of unbranched alkanes of at least 4 members (excludes halogenated alkanes) is 1. The number of anilines is 1. The quantitative estimate of drug-likeness (QED) is 0.321. The molecule has 1 aromatic carbocycles. The number of esters is 1. The molecule has 0 spiro atoms. The molecule has 0 saturated carbocycles. The van der Waals surface area contributed by atoms with Crippen molar-refractivity contribution in [2.24, 2.45) is 0 Å². The molecule has 0 radical (unpaired) electrons. The number of carbonyl (C=O) groups is 1. The molecule has 2 N–H and O–H groups in total. The summed E-state index contributed by atoms with van der Waals surface area (Å²) in [6.07, 6.45) is 2.11. The second-order valence-corrected chi connectivity index (χ2v) is 6.96. The molecule has 3 rings (SSSR count). The van der Waals surface area contributed by atoms with Crippen molar-refractivity contribution in [3.8, 4) is 6.01 Å². The van der Waals surface area contributed by atoms with Gasteiger partial charge in [-0.15, -0.1) is 0 Å². The van der Waals surface area contributed by atoms with Crippen LogP contribution in [0, 0.1) is 0 Å². The molecule has 0 aliphatic carbocycles. The summed E-state index contributed by atoms with van der Waals surface area (Å²) < 4.78 is 12.9. The summed E-state index contributed by atoms with van der Waals surface area (Å²) in [4.78, 5) is 24.8. The van der Waals surface area contributed by atoms with Gasteiger partial charge in [-0.2, -0.15) is 9.97 Å². The van der Waals surface area contributed by atoms with Crippen molar-refractivity contribution in [2.75, 3.05) is 19.5 Å². The fourth-order valence-corrected chi connectivity index (χ4v) is 3.24. The highest BCUT2D eigenvalue weighted by atomic mass is 79.9. The van der Waals surface area contributed by atoms with E-state index in [4.69, 9.17) is 15.2 Å². The smallest absolute Gasteiger partial charge is 0.320 e. The lowest BCUT2D eigenvalue weighted by Gasteiger charge is -2.11. The molecule has 2 aromatic heterocycles. The van der Waals surface area contributed by atoms with Gasteiger partial charge in [-0.05, 0) is 33.5 Å². The summed E-state index contributed by atoms with van der Waals surface area (Å²) in [5.41, 5.74) is 8.97. The van der Waals surface area contributed by atoms with Crippen molar-refractivity contribution in [2.45, 2.75) is 32.7 Å². The van der Waals surface area contributed by atoms with Crippen LogP contribution in [0.4, 0.5) is 5.82 Å². The number of aromatic nitrogens is 4. The highest BCUT2D eigenvalue weighted by Crippen LogP contribution is 2.26. The van der Waals surface area contributed by atoms with E-state index >= 15 is 0 Å². The summed E-state index contributed by atoms with van der Waals surface area (Å²) in [6.45, 7) is 3.06. The molecule has 0 bridgehead atoms. The van der Waals surface area contributed by atoms with Crippen molar-refractivity contribution >= 4 is 38.9 Å². The van der Waals surface area contributed by atoms with Gasteiger partial charge in [0.05, 0.1) is 26.7 Å². The minimum atomic E-state index is -0.291. The maximum Gasteiger partial charge on any atom is 0.320 e. The van der Waals surface area contributed by atoms with E-state index in [1.165, 1.54) is 7.11 Å². The van der Waals surface area contributed by atoms with Crippen molar-refractivity contribution in [3.63, 3.8) is 0 Å². The van der Waals surface area contributed by atoms with E-state index in [1.807, 2.05) is 28.8 Å².